The number of anilines is 3. The number of nitrogens with zero attached hydrogens (tertiary/aromatic N) is 4. The minimum atomic E-state index is -0.331. The molecule has 0 aliphatic rings. The second-order valence-electron chi connectivity index (χ2n) is 6.20. The van der Waals surface area contributed by atoms with Crippen LogP contribution in [0.2, 0.25) is 0 Å². The number of benzene rings is 1. The maximum atomic E-state index is 12.5. The summed E-state index contributed by atoms with van der Waals surface area (Å²) in [6.45, 7) is 5.86. The minimum absolute atomic E-state index is 0.109. The third-order valence-electron chi connectivity index (χ3n) is 3.81. The van der Waals surface area contributed by atoms with Gasteiger partial charge in [-0.3, -0.25) is 4.79 Å². The monoisotopic (exact) mass is 418 g/mol. The third-order valence-corrected chi connectivity index (χ3v) is 5.84. The second-order valence-corrected chi connectivity index (χ2v) is 8.77. The first-order valence-corrected chi connectivity index (χ1v) is 10.4. The molecule has 8 nitrogen and oxygen atoms in total. The van der Waals surface area contributed by atoms with Gasteiger partial charge in [0, 0.05) is 12.1 Å². The number of nitrogens with one attached hydrogen (secondary N) is 2. The number of carbonyl (C=O) groups is 1. The SMILES string of the molecule is COc1ccccc1Nc1nnc(S[C@@H](C)C(=O)Nc2ccnn2C(C)C)s1. The van der Waals surface area contributed by atoms with E-state index in [1.165, 1.54) is 23.1 Å². The first-order valence-electron chi connectivity index (χ1n) is 8.72. The van der Waals surface area contributed by atoms with Crippen molar-refractivity contribution in [3.8, 4) is 5.75 Å². The van der Waals surface area contributed by atoms with Crippen molar-refractivity contribution in [3.05, 3.63) is 36.5 Å². The highest BCUT2D eigenvalue weighted by Crippen LogP contribution is 2.33. The molecule has 2 N–H and O–H groups in total. The van der Waals surface area contributed by atoms with Gasteiger partial charge in [-0.25, -0.2) is 4.68 Å². The molecule has 0 unspecified atom stereocenters. The topological polar surface area (TPSA) is 94.0 Å². The van der Waals surface area contributed by atoms with Crippen molar-refractivity contribution in [3.63, 3.8) is 0 Å². The van der Waals surface area contributed by atoms with Crippen molar-refractivity contribution in [1.29, 1.82) is 0 Å². The number of amides is 1. The molecule has 148 valence electrons. The fourth-order valence-corrected chi connectivity index (χ4v) is 4.34. The number of carbonyl (C=O) groups excluding carboxylic acids is 1. The van der Waals surface area contributed by atoms with Crippen LogP contribution in [0.3, 0.4) is 0 Å². The van der Waals surface area contributed by atoms with Crippen LogP contribution < -0.4 is 15.4 Å². The summed E-state index contributed by atoms with van der Waals surface area (Å²) in [5.41, 5.74) is 0.811. The lowest BCUT2D eigenvalue weighted by atomic mass is 10.3. The van der Waals surface area contributed by atoms with Crippen LogP contribution in [0.25, 0.3) is 0 Å². The Kier molecular flexibility index (Phi) is 6.53. The van der Waals surface area contributed by atoms with E-state index in [0.717, 1.165) is 11.4 Å². The maximum Gasteiger partial charge on any atom is 0.238 e. The molecule has 1 aromatic carbocycles. The van der Waals surface area contributed by atoms with E-state index in [0.29, 0.717) is 15.3 Å². The van der Waals surface area contributed by atoms with Crippen molar-refractivity contribution >= 4 is 45.6 Å². The van der Waals surface area contributed by atoms with Gasteiger partial charge in [0.05, 0.1) is 24.2 Å². The van der Waals surface area contributed by atoms with Gasteiger partial charge in [-0.2, -0.15) is 5.10 Å². The van der Waals surface area contributed by atoms with Crippen LogP contribution in [0, 0.1) is 0 Å². The van der Waals surface area contributed by atoms with Gasteiger partial charge < -0.3 is 15.4 Å². The highest BCUT2D eigenvalue weighted by atomic mass is 32.2. The highest BCUT2D eigenvalue weighted by molar-refractivity contribution is 8.02. The largest absolute Gasteiger partial charge is 0.495 e. The number of methoxy groups -OCH3 is 1. The van der Waals surface area contributed by atoms with Crippen molar-refractivity contribution < 1.29 is 9.53 Å². The van der Waals surface area contributed by atoms with E-state index < -0.39 is 0 Å². The van der Waals surface area contributed by atoms with Gasteiger partial charge in [0.25, 0.3) is 0 Å². The molecule has 0 spiro atoms. The van der Waals surface area contributed by atoms with E-state index in [9.17, 15) is 4.79 Å². The lowest BCUT2D eigenvalue weighted by Gasteiger charge is -2.14. The summed E-state index contributed by atoms with van der Waals surface area (Å²) in [6, 6.07) is 9.54. The molecule has 0 saturated heterocycles. The van der Waals surface area contributed by atoms with E-state index in [-0.39, 0.29) is 17.2 Å². The Morgan fingerprint density at radius 3 is 2.75 bits per heavy atom. The van der Waals surface area contributed by atoms with Crippen LogP contribution in [0.1, 0.15) is 26.8 Å². The van der Waals surface area contributed by atoms with Crippen LogP contribution in [-0.4, -0.2) is 38.2 Å². The fraction of sp³-hybridized carbons (Fsp3) is 0.333. The summed E-state index contributed by atoms with van der Waals surface area (Å²) in [5, 5.41) is 19.0. The van der Waals surface area contributed by atoms with E-state index in [1.807, 2.05) is 45.0 Å². The molecule has 1 atom stereocenters. The van der Waals surface area contributed by atoms with Gasteiger partial charge in [0.1, 0.15) is 11.6 Å². The quantitative estimate of drug-likeness (QED) is 0.530. The zero-order chi connectivity index (χ0) is 20.1. The van der Waals surface area contributed by atoms with E-state index >= 15 is 0 Å². The molecule has 0 aliphatic carbocycles. The van der Waals surface area contributed by atoms with Crippen LogP contribution in [0.4, 0.5) is 16.6 Å². The van der Waals surface area contributed by atoms with Crippen molar-refractivity contribution in [2.75, 3.05) is 17.7 Å². The summed E-state index contributed by atoms with van der Waals surface area (Å²) < 4.78 is 7.80. The first kappa shape index (κ1) is 20.2. The minimum Gasteiger partial charge on any atom is -0.495 e. The molecule has 0 saturated carbocycles. The Hall–Kier alpha value is -2.59. The Balaban J connectivity index is 1.61. The number of ether oxygens (including phenoxy) is 1. The zero-order valence-corrected chi connectivity index (χ0v) is 17.7. The average Bonchev–Trinajstić information content (AvgIpc) is 3.31. The van der Waals surface area contributed by atoms with E-state index in [4.69, 9.17) is 4.74 Å². The molecule has 0 radical (unpaired) electrons. The summed E-state index contributed by atoms with van der Waals surface area (Å²) in [4.78, 5) is 12.5. The van der Waals surface area contributed by atoms with Gasteiger partial charge in [-0.05, 0) is 32.9 Å². The number of thioether (sulfide) groups is 1. The van der Waals surface area contributed by atoms with Gasteiger partial charge >= 0.3 is 0 Å². The van der Waals surface area contributed by atoms with Crippen molar-refractivity contribution in [2.24, 2.45) is 0 Å². The Morgan fingerprint density at radius 1 is 1.21 bits per heavy atom. The van der Waals surface area contributed by atoms with Gasteiger partial charge in [-0.1, -0.05) is 35.2 Å². The van der Waals surface area contributed by atoms with Crippen LogP contribution in [0.15, 0.2) is 40.9 Å². The van der Waals surface area contributed by atoms with Crippen LogP contribution in [-0.2, 0) is 4.79 Å². The summed E-state index contributed by atoms with van der Waals surface area (Å²) in [5.74, 6) is 1.30. The number of para-hydroxylation sites is 2. The Morgan fingerprint density at radius 2 is 2.00 bits per heavy atom. The summed E-state index contributed by atoms with van der Waals surface area (Å²) in [6.07, 6.45) is 1.67. The number of aromatic nitrogens is 4. The number of hydrogen-bond donors (Lipinski definition) is 2. The van der Waals surface area contributed by atoms with Gasteiger partial charge in [0.15, 0.2) is 4.34 Å². The van der Waals surface area contributed by atoms with E-state index in [2.05, 4.69) is 25.9 Å². The zero-order valence-electron chi connectivity index (χ0n) is 16.0. The molecule has 0 fully saturated rings. The maximum absolute atomic E-state index is 12.5. The summed E-state index contributed by atoms with van der Waals surface area (Å²) in [7, 11) is 1.62. The van der Waals surface area contributed by atoms with E-state index in [1.54, 1.807) is 24.1 Å². The smallest absolute Gasteiger partial charge is 0.238 e. The molecule has 28 heavy (non-hydrogen) atoms. The Bertz CT molecular complexity index is 940. The molecule has 2 aromatic heterocycles. The molecule has 0 aliphatic heterocycles. The number of hydrogen-bond acceptors (Lipinski definition) is 8. The van der Waals surface area contributed by atoms with Crippen molar-refractivity contribution in [2.45, 2.75) is 36.4 Å². The molecule has 3 aromatic rings. The van der Waals surface area contributed by atoms with Crippen molar-refractivity contribution in [1.82, 2.24) is 20.0 Å². The molecule has 2 heterocycles. The summed E-state index contributed by atoms with van der Waals surface area (Å²) >= 11 is 2.75. The average molecular weight is 419 g/mol. The lowest BCUT2D eigenvalue weighted by Crippen LogP contribution is -2.24. The molecule has 10 heteroatoms. The lowest BCUT2D eigenvalue weighted by molar-refractivity contribution is -0.115. The molecule has 0 bridgehead atoms. The predicted molar refractivity (Wildman–Crippen MR) is 113 cm³/mol. The predicted octanol–water partition coefficient (Wildman–Crippen LogP) is 4.19. The standard InChI is InChI=1S/C18H22N6O2S2/c1-11(2)24-15(9-10-19-24)21-16(25)12(3)27-18-23-22-17(28-18)20-13-7-5-6-8-14(13)26-4/h5-12H,1-4H3,(H,20,22)(H,21,25)/t12-/m0/s1. The molecular weight excluding hydrogens is 396 g/mol. The van der Waals surface area contributed by atoms with Crippen LogP contribution >= 0.6 is 23.1 Å². The second kappa shape index (κ2) is 9.07. The van der Waals surface area contributed by atoms with Gasteiger partial charge in [-0.15, -0.1) is 10.2 Å². The highest BCUT2D eigenvalue weighted by Gasteiger charge is 2.19. The third kappa shape index (κ3) is 4.82. The molecular formula is C18H22N6O2S2. The normalized spacial score (nSPS) is 12.0. The Labute approximate surface area is 171 Å². The van der Waals surface area contributed by atoms with Crippen LogP contribution in [0.5, 0.6) is 5.75 Å². The number of rotatable bonds is 8. The fourth-order valence-electron chi connectivity index (χ4n) is 2.43. The first-order chi connectivity index (χ1) is 13.5. The van der Waals surface area contributed by atoms with Gasteiger partial charge in [0.2, 0.25) is 11.0 Å². The molecule has 3 rings (SSSR count). The molecule has 1 amide bonds.